The molecule has 4 nitrogen and oxygen atoms in total. The third-order valence-electron chi connectivity index (χ3n) is 3.51. The summed E-state index contributed by atoms with van der Waals surface area (Å²) in [5, 5.41) is 8.93. The average Bonchev–Trinajstić information content (AvgIpc) is 2.39. The quantitative estimate of drug-likeness (QED) is 0.910. The fourth-order valence-electron chi connectivity index (χ4n) is 2.49. The van der Waals surface area contributed by atoms with Crippen LogP contribution in [0, 0.1) is 13.8 Å². The Labute approximate surface area is 117 Å². The monoisotopic (exact) mass is 269 g/mol. The maximum atomic E-state index is 10.9. The van der Waals surface area contributed by atoms with Crippen molar-refractivity contribution in [1.82, 2.24) is 4.98 Å². The Morgan fingerprint density at radius 1 is 1.35 bits per heavy atom. The van der Waals surface area contributed by atoms with E-state index in [1.807, 2.05) is 32.0 Å². The van der Waals surface area contributed by atoms with Crippen molar-refractivity contribution in [3.05, 3.63) is 46.6 Å². The molecule has 0 atom stereocenters. The van der Waals surface area contributed by atoms with E-state index in [2.05, 4.69) is 11.1 Å². The summed E-state index contributed by atoms with van der Waals surface area (Å²) in [6, 6.07) is 7.92. The first kappa shape index (κ1) is 12.7. The molecule has 4 heteroatoms. The van der Waals surface area contributed by atoms with Crippen molar-refractivity contribution < 1.29 is 14.6 Å². The van der Waals surface area contributed by atoms with E-state index in [1.54, 1.807) is 0 Å². The summed E-state index contributed by atoms with van der Waals surface area (Å²) in [6.45, 7) is 4.31. The van der Waals surface area contributed by atoms with E-state index in [-0.39, 0.29) is 6.42 Å². The minimum atomic E-state index is -0.845. The number of nitrogens with zero attached hydrogens (tertiary/aromatic N) is 1. The molecule has 2 aromatic rings. The van der Waals surface area contributed by atoms with Gasteiger partial charge < -0.3 is 9.84 Å². The second-order valence-electron chi connectivity index (χ2n) is 5.10. The lowest BCUT2D eigenvalue weighted by molar-refractivity contribution is -0.136. The molecule has 0 bridgehead atoms. The number of carbonyl (C=O) groups is 1. The Bertz CT molecular complexity index is 707. The maximum Gasteiger partial charge on any atom is 0.307 e. The van der Waals surface area contributed by atoms with Gasteiger partial charge in [0.1, 0.15) is 12.4 Å². The Morgan fingerprint density at radius 3 is 2.90 bits per heavy atom. The number of aryl methyl sites for hydroxylation is 2. The summed E-state index contributed by atoms with van der Waals surface area (Å²) < 4.78 is 5.72. The van der Waals surface area contributed by atoms with Crippen LogP contribution < -0.4 is 4.74 Å². The Hall–Kier alpha value is -2.36. The van der Waals surface area contributed by atoms with E-state index in [4.69, 9.17) is 9.84 Å². The topological polar surface area (TPSA) is 59.4 Å². The van der Waals surface area contributed by atoms with E-state index in [0.29, 0.717) is 6.61 Å². The average molecular weight is 269 g/mol. The standard InChI is InChI=1S/C16H15NO3/c1-9-3-4-14-13(5-9)16-12(8-20-14)6-11(7-15(18)19)10(2)17-16/h3-6H,7-8H2,1-2H3,(H,18,19). The number of carboxylic acid groups (broad SMARTS) is 1. The number of hydrogen-bond acceptors (Lipinski definition) is 3. The van der Waals surface area contributed by atoms with Crippen LogP contribution in [0.25, 0.3) is 11.3 Å². The predicted octanol–water partition coefficient (Wildman–Crippen LogP) is 2.88. The number of hydrogen-bond donors (Lipinski definition) is 1. The van der Waals surface area contributed by atoms with Crippen molar-refractivity contribution in [2.24, 2.45) is 0 Å². The minimum Gasteiger partial charge on any atom is -0.488 e. The Balaban J connectivity index is 2.14. The van der Waals surface area contributed by atoms with Gasteiger partial charge in [-0.15, -0.1) is 0 Å². The van der Waals surface area contributed by atoms with Crippen LogP contribution in [-0.2, 0) is 17.8 Å². The van der Waals surface area contributed by atoms with Crippen molar-refractivity contribution in [2.75, 3.05) is 0 Å². The third kappa shape index (κ3) is 2.13. The third-order valence-corrected chi connectivity index (χ3v) is 3.51. The van der Waals surface area contributed by atoms with Crippen LogP contribution in [0.3, 0.4) is 0 Å². The van der Waals surface area contributed by atoms with Gasteiger partial charge >= 0.3 is 5.97 Å². The van der Waals surface area contributed by atoms with Crippen molar-refractivity contribution in [2.45, 2.75) is 26.9 Å². The molecule has 0 fully saturated rings. The first-order chi connectivity index (χ1) is 9.54. The van der Waals surface area contributed by atoms with Crippen LogP contribution in [0.4, 0.5) is 0 Å². The van der Waals surface area contributed by atoms with Crippen molar-refractivity contribution in [3.63, 3.8) is 0 Å². The van der Waals surface area contributed by atoms with E-state index in [0.717, 1.165) is 39.4 Å². The molecule has 0 saturated carbocycles. The second kappa shape index (κ2) is 4.63. The van der Waals surface area contributed by atoms with Gasteiger partial charge in [-0.3, -0.25) is 9.78 Å². The molecule has 0 aliphatic carbocycles. The predicted molar refractivity (Wildman–Crippen MR) is 74.8 cm³/mol. The van der Waals surface area contributed by atoms with Crippen LogP contribution in [0.15, 0.2) is 24.3 Å². The summed E-state index contributed by atoms with van der Waals surface area (Å²) in [5.74, 6) is -0.0104. The van der Waals surface area contributed by atoms with Crippen molar-refractivity contribution in [1.29, 1.82) is 0 Å². The van der Waals surface area contributed by atoms with Gasteiger partial charge in [0.25, 0.3) is 0 Å². The number of aromatic nitrogens is 1. The summed E-state index contributed by atoms with van der Waals surface area (Å²) >= 11 is 0. The van der Waals surface area contributed by atoms with E-state index in [9.17, 15) is 4.79 Å². The van der Waals surface area contributed by atoms with E-state index < -0.39 is 5.97 Å². The molecule has 1 aromatic heterocycles. The smallest absolute Gasteiger partial charge is 0.307 e. The number of pyridine rings is 1. The van der Waals surface area contributed by atoms with E-state index in [1.165, 1.54) is 0 Å². The van der Waals surface area contributed by atoms with Crippen LogP contribution in [-0.4, -0.2) is 16.1 Å². The molecule has 0 saturated heterocycles. The molecular formula is C16H15NO3. The fourth-order valence-corrected chi connectivity index (χ4v) is 2.49. The number of aliphatic carboxylic acids is 1. The molecule has 0 spiro atoms. The lowest BCUT2D eigenvalue weighted by atomic mass is 9.97. The summed E-state index contributed by atoms with van der Waals surface area (Å²) in [7, 11) is 0. The molecular weight excluding hydrogens is 254 g/mol. The molecule has 1 aliphatic rings. The minimum absolute atomic E-state index is 0.00715. The van der Waals surface area contributed by atoms with Crippen molar-refractivity contribution in [3.8, 4) is 17.0 Å². The SMILES string of the molecule is Cc1ccc2c(c1)-c1nc(C)c(CC(=O)O)cc1CO2. The number of fused-ring (bicyclic) bond motifs is 3. The summed E-state index contributed by atoms with van der Waals surface area (Å²) in [5.41, 5.74) is 5.49. The largest absolute Gasteiger partial charge is 0.488 e. The first-order valence-electron chi connectivity index (χ1n) is 6.49. The van der Waals surface area contributed by atoms with Crippen molar-refractivity contribution >= 4 is 5.97 Å². The molecule has 0 amide bonds. The Morgan fingerprint density at radius 2 is 2.15 bits per heavy atom. The molecule has 3 rings (SSSR count). The number of carboxylic acids is 1. The maximum absolute atomic E-state index is 10.9. The molecule has 1 aromatic carbocycles. The van der Waals surface area contributed by atoms with Gasteiger partial charge in [-0.1, -0.05) is 11.6 Å². The van der Waals surface area contributed by atoms with Gasteiger partial charge in [0.2, 0.25) is 0 Å². The van der Waals surface area contributed by atoms with Crippen LogP contribution in [0.5, 0.6) is 5.75 Å². The van der Waals surface area contributed by atoms with Gasteiger partial charge in [0.05, 0.1) is 12.1 Å². The first-order valence-corrected chi connectivity index (χ1v) is 6.49. The number of benzene rings is 1. The normalized spacial score (nSPS) is 12.3. The highest BCUT2D eigenvalue weighted by atomic mass is 16.5. The van der Waals surface area contributed by atoms with Crippen LogP contribution in [0.2, 0.25) is 0 Å². The lowest BCUT2D eigenvalue weighted by Crippen LogP contribution is -2.11. The highest BCUT2D eigenvalue weighted by molar-refractivity contribution is 5.75. The molecule has 20 heavy (non-hydrogen) atoms. The van der Waals surface area contributed by atoms with Gasteiger partial charge in [0, 0.05) is 16.8 Å². The molecule has 0 radical (unpaired) electrons. The molecule has 102 valence electrons. The van der Waals surface area contributed by atoms with Crippen LogP contribution >= 0.6 is 0 Å². The second-order valence-corrected chi connectivity index (χ2v) is 5.10. The lowest BCUT2D eigenvalue weighted by Gasteiger charge is -2.21. The summed E-state index contributed by atoms with van der Waals surface area (Å²) in [6.07, 6.45) is -0.00715. The highest BCUT2D eigenvalue weighted by Crippen LogP contribution is 2.37. The number of ether oxygens (including phenoxy) is 1. The molecule has 0 unspecified atom stereocenters. The molecule has 1 aliphatic heterocycles. The zero-order valence-electron chi connectivity index (χ0n) is 11.4. The van der Waals surface area contributed by atoms with Gasteiger partial charge in [-0.05, 0) is 37.6 Å². The fraction of sp³-hybridized carbons (Fsp3) is 0.250. The molecule has 1 N–H and O–H groups in total. The van der Waals surface area contributed by atoms with Gasteiger partial charge in [-0.2, -0.15) is 0 Å². The Kier molecular flexibility index (Phi) is 2.93. The summed E-state index contributed by atoms with van der Waals surface area (Å²) in [4.78, 5) is 15.5. The van der Waals surface area contributed by atoms with E-state index >= 15 is 0 Å². The zero-order chi connectivity index (χ0) is 14.3. The van der Waals surface area contributed by atoms with Gasteiger partial charge in [-0.25, -0.2) is 0 Å². The number of rotatable bonds is 2. The zero-order valence-corrected chi connectivity index (χ0v) is 11.4. The molecule has 2 heterocycles. The highest BCUT2D eigenvalue weighted by Gasteiger charge is 2.20. The van der Waals surface area contributed by atoms with Crippen LogP contribution in [0.1, 0.15) is 22.4 Å². The van der Waals surface area contributed by atoms with Gasteiger partial charge in [0.15, 0.2) is 0 Å².